The third-order valence-electron chi connectivity index (χ3n) is 3.49. The van der Waals surface area contributed by atoms with E-state index in [9.17, 15) is 9.59 Å². The molecular formula is C16H16Cl2N2O3. The number of halogens is 2. The molecule has 1 fully saturated rings. The number of carbonyl (C=O) groups is 2. The minimum atomic E-state index is -0.731. The largest absolute Gasteiger partial charge is 0.479 e. The summed E-state index contributed by atoms with van der Waals surface area (Å²) >= 11 is 12.3. The number of hydrogen-bond donors (Lipinski definition) is 0. The van der Waals surface area contributed by atoms with Crippen LogP contribution in [0.25, 0.3) is 0 Å². The van der Waals surface area contributed by atoms with Crippen LogP contribution in [0.15, 0.2) is 12.1 Å². The monoisotopic (exact) mass is 354 g/mol. The number of rotatable bonds is 3. The van der Waals surface area contributed by atoms with Crippen molar-refractivity contribution in [2.75, 3.05) is 25.1 Å². The van der Waals surface area contributed by atoms with E-state index >= 15 is 0 Å². The molecule has 1 aliphatic rings. The van der Waals surface area contributed by atoms with Gasteiger partial charge in [-0.25, -0.2) is 9.69 Å². The number of nitrogens with zero attached hydrogens (tertiary/aromatic N) is 2. The Balaban J connectivity index is 2.53. The number of carbonyl (C=O) groups excluding carboxylic acids is 2. The van der Waals surface area contributed by atoms with Crippen molar-refractivity contribution in [1.29, 1.82) is 0 Å². The van der Waals surface area contributed by atoms with Gasteiger partial charge in [-0.15, -0.1) is 6.42 Å². The highest BCUT2D eigenvalue weighted by atomic mass is 35.5. The molecule has 0 atom stereocenters. The van der Waals surface area contributed by atoms with Gasteiger partial charge in [-0.05, 0) is 19.9 Å². The molecule has 0 spiro atoms. The molecule has 1 aromatic rings. The quantitative estimate of drug-likeness (QED) is 0.781. The molecule has 0 radical (unpaired) electrons. The number of terminal acetylenes is 1. The number of anilines is 1. The molecule has 5 nitrogen and oxygen atoms in total. The number of imide groups is 1. The van der Waals surface area contributed by atoms with E-state index in [2.05, 4.69) is 5.92 Å². The lowest BCUT2D eigenvalue weighted by atomic mass is 9.89. The SMILES string of the molecule is C#CCOc1cc(N2C(=O)N(C)CC(C)(C)C2=O)c(Cl)cc1Cl. The summed E-state index contributed by atoms with van der Waals surface area (Å²) in [5.74, 6) is 2.24. The van der Waals surface area contributed by atoms with Crippen molar-refractivity contribution in [3.05, 3.63) is 22.2 Å². The van der Waals surface area contributed by atoms with Crippen LogP contribution in [0.2, 0.25) is 10.0 Å². The average Bonchev–Trinajstić information content (AvgIpc) is 2.46. The number of hydrogen-bond acceptors (Lipinski definition) is 3. The lowest BCUT2D eigenvalue weighted by Gasteiger charge is -2.41. The lowest BCUT2D eigenvalue weighted by Crippen LogP contribution is -2.59. The predicted molar refractivity (Wildman–Crippen MR) is 90.1 cm³/mol. The van der Waals surface area contributed by atoms with Crippen LogP contribution >= 0.6 is 23.2 Å². The van der Waals surface area contributed by atoms with E-state index in [0.29, 0.717) is 6.54 Å². The summed E-state index contributed by atoms with van der Waals surface area (Å²) in [4.78, 5) is 27.6. The Bertz CT molecular complexity index is 710. The van der Waals surface area contributed by atoms with Gasteiger partial charge in [-0.1, -0.05) is 29.1 Å². The van der Waals surface area contributed by atoms with Gasteiger partial charge in [0.2, 0.25) is 5.91 Å². The molecule has 23 heavy (non-hydrogen) atoms. The van der Waals surface area contributed by atoms with E-state index in [4.69, 9.17) is 34.4 Å². The van der Waals surface area contributed by atoms with Gasteiger partial charge in [0.1, 0.15) is 12.4 Å². The second kappa shape index (κ2) is 6.31. The van der Waals surface area contributed by atoms with E-state index in [1.54, 1.807) is 20.9 Å². The first-order valence-electron chi connectivity index (χ1n) is 6.84. The van der Waals surface area contributed by atoms with Gasteiger partial charge in [0.05, 0.1) is 21.1 Å². The van der Waals surface area contributed by atoms with E-state index in [-0.39, 0.29) is 34.0 Å². The summed E-state index contributed by atoms with van der Waals surface area (Å²) in [6.07, 6.45) is 5.17. The second-order valence-electron chi connectivity index (χ2n) is 5.89. The highest BCUT2D eigenvalue weighted by molar-refractivity contribution is 6.38. The molecule has 0 aliphatic carbocycles. The zero-order valence-electron chi connectivity index (χ0n) is 13.0. The summed E-state index contributed by atoms with van der Waals surface area (Å²) in [6.45, 7) is 3.87. The summed E-state index contributed by atoms with van der Waals surface area (Å²) in [5, 5.41) is 0.425. The van der Waals surface area contributed by atoms with Crippen molar-refractivity contribution in [2.45, 2.75) is 13.8 Å². The Hall–Kier alpha value is -1.90. The maximum atomic E-state index is 12.7. The maximum absolute atomic E-state index is 12.7. The third-order valence-corrected chi connectivity index (χ3v) is 4.08. The first-order valence-corrected chi connectivity index (χ1v) is 7.59. The van der Waals surface area contributed by atoms with Crippen LogP contribution < -0.4 is 9.64 Å². The van der Waals surface area contributed by atoms with Crippen molar-refractivity contribution < 1.29 is 14.3 Å². The number of amides is 3. The first kappa shape index (κ1) is 17.5. The van der Waals surface area contributed by atoms with Crippen molar-refractivity contribution in [2.24, 2.45) is 5.41 Å². The summed E-state index contributed by atoms with van der Waals surface area (Å²) in [6, 6.07) is 2.42. The molecular weight excluding hydrogens is 339 g/mol. The van der Waals surface area contributed by atoms with Gasteiger partial charge >= 0.3 is 6.03 Å². The van der Waals surface area contributed by atoms with Crippen molar-refractivity contribution in [3.8, 4) is 18.1 Å². The van der Waals surface area contributed by atoms with Crippen molar-refractivity contribution in [3.63, 3.8) is 0 Å². The predicted octanol–water partition coefficient (Wildman–Crippen LogP) is 3.43. The molecule has 122 valence electrons. The average molecular weight is 355 g/mol. The van der Waals surface area contributed by atoms with Gasteiger partial charge in [0.15, 0.2) is 0 Å². The van der Waals surface area contributed by atoms with Gasteiger partial charge < -0.3 is 9.64 Å². The normalized spacial score (nSPS) is 17.2. The summed E-state index contributed by atoms with van der Waals surface area (Å²) < 4.78 is 5.33. The Morgan fingerprint density at radius 2 is 1.96 bits per heavy atom. The molecule has 3 amide bonds. The van der Waals surface area contributed by atoms with Gasteiger partial charge in [-0.3, -0.25) is 4.79 Å². The second-order valence-corrected chi connectivity index (χ2v) is 6.70. The molecule has 1 heterocycles. The minimum absolute atomic E-state index is 0.00802. The number of benzene rings is 1. The highest BCUT2D eigenvalue weighted by Gasteiger charge is 2.44. The van der Waals surface area contributed by atoms with Crippen LogP contribution in [0.1, 0.15) is 13.8 Å². The zero-order chi connectivity index (χ0) is 17.4. The van der Waals surface area contributed by atoms with E-state index < -0.39 is 11.4 Å². The lowest BCUT2D eigenvalue weighted by molar-refractivity contribution is -0.127. The fourth-order valence-electron chi connectivity index (χ4n) is 2.42. The van der Waals surface area contributed by atoms with Crippen molar-refractivity contribution >= 4 is 40.8 Å². The van der Waals surface area contributed by atoms with Crippen LogP contribution in [0.5, 0.6) is 5.75 Å². The maximum Gasteiger partial charge on any atom is 0.331 e. The van der Waals surface area contributed by atoms with E-state index in [0.717, 1.165) is 4.90 Å². The molecule has 2 rings (SSSR count). The van der Waals surface area contributed by atoms with E-state index in [1.165, 1.54) is 17.0 Å². The van der Waals surface area contributed by atoms with Crippen LogP contribution in [0.4, 0.5) is 10.5 Å². The molecule has 0 N–H and O–H groups in total. The molecule has 0 unspecified atom stereocenters. The van der Waals surface area contributed by atoms with Crippen LogP contribution in [-0.2, 0) is 4.79 Å². The van der Waals surface area contributed by atoms with Gasteiger partial charge in [-0.2, -0.15) is 0 Å². The Morgan fingerprint density at radius 3 is 2.57 bits per heavy atom. The number of urea groups is 1. The molecule has 0 aromatic heterocycles. The smallest absolute Gasteiger partial charge is 0.331 e. The molecule has 7 heteroatoms. The molecule has 1 aliphatic heterocycles. The Labute approximate surface area is 145 Å². The van der Waals surface area contributed by atoms with Gasteiger partial charge in [0.25, 0.3) is 0 Å². The Kier molecular flexibility index (Phi) is 4.79. The molecule has 1 saturated heterocycles. The fourth-order valence-corrected chi connectivity index (χ4v) is 2.94. The van der Waals surface area contributed by atoms with Gasteiger partial charge in [0, 0.05) is 19.7 Å². The zero-order valence-corrected chi connectivity index (χ0v) is 14.5. The Morgan fingerprint density at radius 1 is 1.30 bits per heavy atom. The topological polar surface area (TPSA) is 49.9 Å². The highest BCUT2D eigenvalue weighted by Crippen LogP contribution is 2.39. The first-order chi connectivity index (χ1) is 10.7. The molecule has 0 saturated carbocycles. The van der Waals surface area contributed by atoms with Crippen LogP contribution in [-0.4, -0.2) is 37.0 Å². The minimum Gasteiger partial charge on any atom is -0.479 e. The standard InChI is InChI=1S/C16H16Cl2N2O3/c1-5-6-23-13-8-12(10(17)7-11(13)18)20-14(21)16(2,3)9-19(4)15(20)22/h1,7-8H,6,9H2,2-4H3. The fraction of sp³-hybridized carbons (Fsp3) is 0.375. The molecule has 1 aromatic carbocycles. The summed E-state index contributed by atoms with van der Waals surface area (Å²) in [7, 11) is 1.63. The van der Waals surface area contributed by atoms with Crippen LogP contribution in [0, 0.1) is 17.8 Å². The number of ether oxygens (including phenoxy) is 1. The van der Waals surface area contributed by atoms with Crippen molar-refractivity contribution in [1.82, 2.24) is 4.90 Å². The summed E-state index contributed by atoms with van der Waals surface area (Å²) in [5.41, 5.74) is -0.511. The molecule has 0 bridgehead atoms. The third kappa shape index (κ3) is 3.24. The van der Waals surface area contributed by atoms with Crippen LogP contribution in [0.3, 0.4) is 0 Å². The van der Waals surface area contributed by atoms with E-state index in [1.807, 2.05) is 0 Å².